The Hall–Kier alpha value is -1.89. The van der Waals surface area contributed by atoms with Crippen molar-refractivity contribution in [1.29, 1.82) is 0 Å². The van der Waals surface area contributed by atoms with Crippen LogP contribution < -0.4 is 10.2 Å². The van der Waals surface area contributed by atoms with Crippen molar-refractivity contribution in [3.8, 4) is 0 Å². The zero-order valence-corrected chi connectivity index (χ0v) is 16.6. The molecule has 0 spiro atoms. The average Bonchev–Trinajstić information content (AvgIpc) is 2.69. The van der Waals surface area contributed by atoms with Crippen LogP contribution in [0.4, 0.5) is 5.95 Å². The quantitative estimate of drug-likeness (QED) is 0.714. The van der Waals surface area contributed by atoms with Crippen LogP contribution in [-0.4, -0.2) is 60.0 Å². The van der Waals surface area contributed by atoms with Crippen LogP contribution in [0.1, 0.15) is 12.0 Å². The van der Waals surface area contributed by atoms with Gasteiger partial charge < -0.3 is 10.2 Å². The van der Waals surface area contributed by atoms with Gasteiger partial charge in [0.2, 0.25) is 11.9 Å². The van der Waals surface area contributed by atoms with E-state index in [-0.39, 0.29) is 12.3 Å². The van der Waals surface area contributed by atoms with E-state index in [1.54, 1.807) is 30.6 Å². The highest BCUT2D eigenvalue weighted by molar-refractivity contribution is 6.36. The zero-order valence-electron chi connectivity index (χ0n) is 15.1. The molecule has 6 nitrogen and oxygen atoms in total. The minimum atomic E-state index is -0.0592. The number of carbonyl (C=O) groups is 1. The Labute approximate surface area is 169 Å². The molecular formula is C19H23Cl2N5O. The van der Waals surface area contributed by atoms with E-state index < -0.39 is 0 Å². The number of amides is 1. The maximum absolute atomic E-state index is 12.1. The molecule has 1 amide bonds. The Bertz CT molecular complexity index is 731. The molecule has 27 heavy (non-hydrogen) atoms. The van der Waals surface area contributed by atoms with Crippen molar-refractivity contribution in [2.45, 2.75) is 12.8 Å². The van der Waals surface area contributed by atoms with Gasteiger partial charge in [0.15, 0.2) is 0 Å². The first-order valence-electron chi connectivity index (χ1n) is 9.07. The number of hydrogen-bond donors (Lipinski definition) is 1. The van der Waals surface area contributed by atoms with Gasteiger partial charge in [0.25, 0.3) is 0 Å². The first-order valence-corrected chi connectivity index (χ1v) is 9.83. The molecule has 1 aliphatic heterocycles. The van der Waals surface area contributed by atoms with Crippen LogP contribution >= 0.6 is 23.2 Å². The average molecular weight is 408 g/mol. The summed E-state index contributed by atoms with van der Waals surface area (Å²) in [7, 11) is 0. The predicted molar refractivity (Wildman–Crippen MR) is 108 cm³/mol. The van der Waals surface area contributed by atoms with Crippen LogP contribution in [0.2, 0.25) is 10.0 Å². The molecule has 2 aromatic rings. The second-order valence-corrected chi connectivity index (χ2v) is 7.27. The van der Waals surface area contributed by atoms with Gasteiger partial charge in [-0.3, -0.25) is 9.69 Å². The number of benzene rings is 1. The molecule has 8 heteroatoms. The molecule has 1 aliphatic rings. The summed E-state index contributed by atoms with van der Waals surface area (Å²) in [4.78, 5) is 25.3. The lowest BCUT2D eigenvalue weighted by Gasteiger charge is -2.34. The topological polar surface area (TPSA) is 61.4 Å². The van der Waals surface area contributed by atoms with Gasteiger partial charge in [-0.1, -0.05) is 29.3 Å². The monoisotopic (exact) mass is 407 g/mol. The number of aromatic nitrogens is 2. The number of hydrogen-bond acceptors (Lipinski definition) is 5. The van der Waals surface area contributed by atoms with Gasteiger partial charge in [0.1, 0.15) is 0 Å². The Balaban J connectivity index is 1.33. The third kappa shape index (κ3) is 5.79. The summed E-state index contributed by atoms with van der Waals surface area (Å²) in [6.07, 6.45) is 4.65. The van der Waals surface area contributed by atoms with Crippen molar-refractivity contribution in [2.75, 3.05) is 44.2 Å². The molecule has 1 N–H and O–H groups in total. The van der Waals surface area contributed by atoms with E-state index in [0.29, 0.717) is 22.2 Å². The van der Waals surface area contributed by atoms with Gasteiger partial charge in [0, 0.05) is 55.2 Å². The maximum Gasteiger partial charge on any atom is 0.225 e. The second-order valence-electron chi connectivity index (χ2n) is 6.46. The number of carbonyl (C=O) groups excluding carboxylic acids is 1. The summed E-state index contributed by atoms with van der Waals surface area (Å²) in [5.74, 6) is 0.735. The van der Waals surface area contributed by atoms with Gasteiger partial charge >= 0.3 is 0 Å². The van der Waals surface area contributed by atoms with E-state index in [0.717, 1.165) is 45.1 Å². The first kappa shape index (κ1) is 19.9. The Kier molecular flexibility index (Phi) is 7.26. The zero-order chi connectivity index (χ0) is 19.1. The molecule has 0 unspecified atom stereocenters. The summed E-state index contributed by atoms with van der Waals surface area (Å²) >= 11 is 12.2. The summed E-state index contributed by atoms with van der Waals surface area (Å²) < 4.78 is 0. The summed E-state index contributed by atoms with van der Waals surface area (Å²) in [5, 5.41) is 4.00. The van der Waals surface area contributed by atoms with E-state index in [1.165, 1.54) is 0 Å². The summed E-state index contributed by atoms with van der Waals surface area (Å²) in [5.41, 5.74) is 0.678. The molecule has 0 bridgehead atoms. The normalized spacial score (nSPS) is 15.0. The van der Waals surface area contributed by atoms with Crippen molar-refractivity contribution >= 4 is 35.1 Å². The Morgan fingerprint density at radius 1 is 1.04 bits per heavy atom. The number of piperazine rings is 1. The van der Waals surface area contributed by atoms with Gasteiger partial charge in [-0.05, 0) is 36.7 Å². The van der Waals surface area contributed by atoms with Crippen molar-refractivity contribution in [3.05, 3.63) is 52.3 Å². The van der Waals surface area contributed by atoms with Gasteiger partial charge in [-0.15, -0.1) is 0 Å². The largest absolute Gasteiger partial charge is 0.356 e. The number of nitrogens with zero attached hydrogens (tertiary/aromatic N) is 4. The fourth-order valence-corrected chi connectivity index (χ4v) is 3.61. The molecule has 1 aromatic heterocycles. The second kappa shape index (κ2) is 9.88. The Morgan fingerprint density at radius 3 is 2.37 bits per heavy atom. The number of rotatable bonds is 7. The molecule has 0 atom stereocenters. The third-order valence-corrected chi connectivity index (χ3v) is 5.29. The smallest absolute Gasteiger partial charge is 0.225 e. The lowest BCUT2D eigenvalue weighted by Crippen LogP contribution is -2.47. The third-order valence-electron chi connectivity index (χ3n) is 4.58. The minimum Gasteiger partial charge on any atom is -0.356 e. The van der Waals surface area contributed by atoms with E-state index in [9.17, 15) is 4.79 Å². The fourth-order valence-electron chi connectivity index (χ4n) is 3.08. The van der Waals surface area contributed by atoms with Crippen molar-refractivity contribution in [2.24, 2.45) is 0 Å². The molecule has 0 aliphatic carbocycles. The molecule has 1 fully saturated rings. The summed E-state index contributed by atoms with van der Waals surface area (Å²) in [6.45, 7) is 5.38. The van der Waals surface area contributed by atoms with E-state index >= 15 is 0 Å². The maximum atomic E-state index is 12.1. The standard InChI is InChI=1S/C19H23Cl2N5O/c20-16-4-1-5-17(21)15(16)14-18(27)22-8-3-9-25-10-12-26(13-11-25)19-23-6-2-7-24-19/h1-2,4-7H,3,8-14H2,(H,22,27). The number of anilines is 1. The number of nitrogens with one attached hydrogen (secondary N) is 1. The molecule has 144 valence electrons. The van der Waals surface area contributed by atoms with Gasteiger partial charge in [0.05, 0.1) is 6.42 Å². The SMILES string of the molecule is O=C(Cc1c(Cl)cccc1Cl)NCCCN1CCN(c2ncccn2)CC1. The molecule has 3 rings (SSSR count). The summed E-state index contributed by atoms with van der Waals surface area (Å²) in [6, 6.07) is 7.09. The van der Waals surface area contributed by atoms with Crippen molar-refractivity contribution in [3.63, 3.8) is 0 Å². The van der Waals surface area contributed by atoms with E-state index in [4.69, 9.17) is 23.2 Å². The molecular weight excluding hydrogens is 385 g/mol. The number of halogens is 2. The van der Waals surface area contributed by atoms with Gasteiger partial charge in [-0.25, -0.2) is 9.97 Å². The highest BCUT2D eigenvalue weighted by Crippen LogP contribution is 2.24. The lowest BCUT2D eigenvalue weighted by atomic mass is 10.1. The van der Waals surface area contributed by atoms with Crippen molar-refractivity contribution in [1.82, 2.24) is 20.2 Å². The molecule has 2 heterocycles. The lowest BCUT2D eigenvalue weighted by molar-refractivity contribution is -0.120. The molecule has 1 saturated heterocycles. The fraction of sp³-hybridized carbons (Fsp3) is 0.421. The van der Waals surface area contributed by atoms with Crippen LogP contribution in [0.25, 0.3) is 0 Å². The van der Waals surface area contributed by atoms with Crippen LogP contribution in [0.5, 0.6) is 0 Å². The van der Waals surface area contributed by atoms with Crippen LogP contribution in [0.15, 0.2) is 36.7 Å². The van der Waals surface area contributed by atoms with Crippen LogP contribution in [0.3, 0.4) is 0 Å². The minimum absolute atomic E-state index is 0.0592. The van der Waals surface area contributed by atoms with E-state index in [2.05, 4.69) is 25.1 Å². The van der Waals surface area contributed by atoms with E-state index in [1.807, 2.05) is 6.07 Å². The highest BCUT2D eigenvalue weighted by Gasteiger charge is 2.18. The first-order chi connectivity index (χ1) is 13.1. The molecule has 0 saturated carbocycles. The van der Waals surface area contributed by atoms with Crippen LogP contribution in [0, 0.1) is 0 Å². The molecule has 0 radical (unpaired) electrons. The predicted octanol–water partition coefficient (Wildman–Crippen LogP) is 2.65. The van der Waals surface area contributed by atoms with Crippen LogP contribution in [-0.2, 0) is 11.2 Å². The highest BCUT2D eigenvalue weighted by atomic mass is 35.5. The molecule has 1 aromatic carbocycles. The van der Waals surface area contributed by atoms with Crippen molar-refractivity contribution < 1.29 is 4.79 Å². The van der Waals surface area contributed by atoms with Gasteiger partial charge in [-0.2, -0.15) is 0 Å². The Morgan fingerprint density at radius 2 is 1.70 bits per heavy atom.